The number of benzene rings is 3. The molecule has 0 unspecified atom stereocenters. The lowest BCUT2D eigenvalue weighted by molar-refractivity contribution is 0.102. The number of pyridine rings is 1. The molecule has 2 aromatic heterocycles. The number of rotatable bonds is 9. The van der Waals surface area contributed by atoms with Gasteiger partial charge in [0.15, 0.2) is 23.1 Å². The minimum atomic E-state index is -2.09. The summed E-state index contributed by atoms with van der Waals surface area (Å²) >= 11 is 0. The molecule has 5 rings (SSSR count). The zero-order valence-corrected chi connectivity index (χ0v) is 23.5. The maximum atomic E-state index is 15.2. The number of anilines is 1. The van der Waals surface area contributed by atoms with Gasteiger partial charge in [-0.1, -0.05) is 0 Å². The molecule has 3 aromatic carbocycles. The molecule has 0 saturated carbocycles. The monoisotopic (exact) mass is 622 g/mol. The zero-order valence-electron chi connectivity index (χ0n) is 23.5. The number of carbonyl (C=O) groups is 1. The van der Waals surface area contributed by atoms with Crippen LogP contribution in [0.1, 0.15) is 10.4 Å². The first-order valence-corrected chi connectivity index (χ1v) is 13.0. The first kappa shape index (κ1) is 30.5. The molecule has 0 aliphatic carbocycles. The summed E-state index contributed by atoms with van der Waals surface area (Å²) in [7, 11) is 2.93. The van der Waals surface area contributed by atoms with E-state index >= 15 is 4.39 Å². The van der Waals surface area contributed by atoms with Crippen LogP contribution < -0.4 is 30.8 Å². The van der Waals surface area contributed by atoms with E-state index in [4.69, 9.17) is 14.2 Å². The Morgan fingerprint density at radius 2 is 1.62 bits per heavy atom. The van der Waals surface area contributed by atoms with E-state index in [1.165, 1.54) is 38.6 Å². The highest BCUT2D eigenvalue weighted by Gasteiger charge is 2.20. The van der Waals surface area contributed by atoms with Crippen LogP contribution >= 0.6 is 0 Å². The Morgan fingerprint density at radius 1 is 0.911 bits per heavy atom. The van der Waals surface area contributed by atoms with Crippen LogP contribution in [0.25, 0.3) is 16.6 Å². The van der Waals surface area contributed by atoms with Crippen LogP contribution in [0.15, 0.2) is 94.8 Å². The molecule has 5 aromatic rings. The Balaban J connectivity index is 1.46. The molecule has 0 fully saturated rings. The number of ether oxygens (including phenoxy) is 3. The fourth-order valence-electron chi connectivity index (χ4n) is 4.39. The van der Waals surface area contributed by atoms with Gasteiger partial charge < -0.3 is 19.5 Å². The van der Waals surface area contributed by atoms with E-state index in [-0.39, 0.29) is 22.9 Å². The number of hydrogen-bond donors (Lipinski definition) is 1. The molecule has 0 spiro atoms. The number of fused-ring (bicyclic) bond motifs is 1. The largest absolute Gasteiger partial charge is 0.493 e. The van der Waals surface area contributed by atoms with Crippen molar-refractivity contribution in [3.05, 3.63) is 123 Å². The second-order valence-electron chi connectivity index (χ2n) is 9.32. The van der Waals surface area contributed by atoms with Crippen molar-refractivity contribution in [1.29, 1.82) is 0 Å². The second-order valence-corrected chi connectivity index (χ2v) is 9.32. The van der Waals surface area contributed by atoms with E-state index in [1.807, 2.05) is 0 Å². The van der Waals surface area contributed by atoms with Crippen molar-refractivity contribution in [2.24, 2.45) is 0 Å². The molecule has 0 radical (unpaired) electrons. The van der Waals surface area contributed by atoms with E-state index < -0.39 is 47.0 Å². The van der Waals surface area contributed by atoms with Gasteiger partial charge in [0.25, 0.3) is 17.5 Å². The number of amides is 1. The van der Waals surface area contributed by atoms with Crippen molar-refractivity contribution in [2.45, 2.75) is 6.54 Å². The van der Waals surface area contributed by atoms with Crippen molar-refractivity contribution >= 4 is 22.5 Å². The van der Waals surface area contributed by atoms with Crippen LogP contribution in [-0.4, -0.2) is 34.2 Å². The smallest absolute Gasteiger partial charge is 0.335 e. The normalized spacial score (nSPS) is 10.8. The van der Waals surface area contributed by atoms with Crippen molar-refractivity contribution in [3.63, 3.8) is 0 Å². The number of nitrogens with one attached hydrogen (secondary N) is 1. The zero-order chi connectivity index (χ0) is 32.2. The van der Waals surface area contributed by atoms with Crippen molar-refractivity contribution in [3.8, 4) is 28.7 Å². The number of nitrogens with zero attached hydrogens (tertiary/aromatic N) is 3. The van der Waals surface area contributed by atoms with Gasteiger partial charge in [0.1, 0.15) is 17.1 Å². The van der Waals surface area contributed by atoms with Gasteiger partial charge in [-0.15, -0.1) is 0 Å². The van der Waals surface area contributed by atoms with Crippen LogP contribution in [0.5, 0.6) is 23.0 Å². The average Bonchev–Trinajstić information content (AvgIpc) is 3.02. The third-order valence-corrected chi connectivity index (χ3v) is 6.54. The van der Waals surface area contributed by atoms with Crippen LogP contribution in [0.3, 0.4) is 0 Å². The summed E-state index contributed by atoms with van der Waals surface area (Å²) in [6.07, 6.45) is 0.593. The maximum Gasteiger partial charge on any atom is 0.335 e. The molecule has 0 saturated heterocycles. The molecule has 1 N–H and O–H groups in total. The summed E-state index contributed by atoms with van der Waals surface area (Å²) in [5.41, 5.74) is -2.48. The Kier molecular flexibility index (Phi) is 8.65. The third-order valence-electron chi connectivity index (χ3n) is 6.54. The van der Waals surface area contributed by atoms with Gasteiger partial charge in [-0.05, 0) is 48.5 Å². The third kappa shape index (κ3) is 6.39. The van der Waals surface area contributed by atoms with Crippen molar-refractivity contribution in [1.82, 2.24) is 14.1 Å². The molecule has 10 nitrogen and oxygen atoms in total. The number of hydrogen-bond acceptors (Lipinski definition) is 7. The summed E-state index contributed by atoms with van der Waals surface area (Å²) in [5, 5.41) is 2.86. The highest BCUT2D eigenvalue weighted by Crippen LogP contribution is 2.37. The maximum absolute atomic E-state index is 15.2. The van der Waals surface area contributed by atoms with Crippen LogP contribution in [0.4, 0.5) is 23.2 Å². The number of halogens is 4. The number of allylic oxidation sites excluding steroid dienone is 1. The van der Waals surface area contributed by atoms with Crippen molar-refractivity contribution < 1.29 is 36.6 Å². The minimum absolute atomic E-state index is 0.0870. The lowest BCUT2D eigenvalue weighted by Gasteiger charge is -2.14. The molecular formula is C31H22F4N4O6. The van der Waals surface area contributed by atoms with Gasteiger partial charge >= 0.3 is 5.69 Å². The molecule has 0 aliphatic rings. The number of aromatic nitrogens is 3. The van der Waals surface area contributed by atoms with Gasteiger partial charge in [-0.2, -0.15) is 8.78 Å². The van der Waals surface area contributed by atoms with Gasteiger partial charge in [-0.3, -0.25) is 19.1 Å². The van der Waals surface area contributed by atoms with Gasteiger partial charge in [0.2, 0.25) is 0 Å². The highest BCUT2D eigenvalue weighted by atomic mass is 19.3. The summed E-state index contributed by atoms with van der Waals surface area (Å²) in [5.74, 6) is -1.72. The lowest BCUT2D eigenvalue weighted by Crippen LogP contribution is -2.42. The molecule has 2 heterocycles. The van der Waals surface area contributed by atoms with Crippen LogP contribution in [0, 0.1) is 11.6 Å². The molecule has 45 heavy (non-hydrogen) atoms. The van der Waals surface area contributed by atoms with E-state index in [0.29, 0.717) is 37.6 Å². The van der Waals surface area contributed by atoms with Crippen LogP contribution in [-0.2, 0) is 6.54 Å². The van der Waals surface area contributed by atoms with E-state index in [2.05, 4.69) is 10.3 Å². The first-order valence-electron chi connectivity index (χ1n) is 13.0. The first-order chi connectivity index (χ1) is 21.6. The molecule has 230 valence electrons. The topological polar surface area (TPSA) is 114 Å². The Morgan fingerprint density at radius 3 is 2.29 bits per heavy atom. The Hall–Kier alpha value is -5.92. The fraction of sp³-hybridized carbons (Fsp3) is 0.0968. The summed E-state index contributed by atoms with van der Waals surface area (Å²) in [6.45, 7) is -0.675. The highest BCUT2D eigenvalue weighted by molar-refractivity contribution is 6.04. The fourth-order valence-corrected chi connectivity index (χ4v) is 4.39. The molecule has 14 heteroatoms. The molecular weight excluding hydrogens is 600 g/mol. The van der Waals surface area contributed by atoms with E-state index in [0.717, 1.165) is 36.5 Å². The molecule has 0 bridgehead atoms. The number of carbonyl (C=O) groups excluding carboxylic acids is 1. The van der Waals surface area contributed by atoms with Gasteiger partial charge in [0.05, 0.1) is 32.0 Å². The van der Waals surface area contributed by atoms with Crippen molar-refractivity contribution in [2.75, 3.05) is 19.5 Å². The van der Waals surface area contributed by atoms with Gasteiger partial charge in [0, 0.05) is 41.7 Å². The molecule has 0 aliphatic heterocycles. The second kappa shape index (κ2) is 12.8. The minimum Gasteiger partial charge on any atom is -0.493 e. The Labute approximate surface area is 251 Å². The van der Waals surface area contributed by atoms with Gasteiger partial charge in [-0.25, -0.2) is 18.1 Å². The summed E-state index contributed by atoms with van der Waals surface area (Å²) in [6, 6.07) is 12.5. The average molecular weight is 623 g/mol. The SMILES string of the molecule is COc1cc2nccc(Oc3ccc(NC(=O)c4cn(CC=C(F)F)c(=O)n(-c5ccc(F)cc5)c4=O)cc3F)c2cc1OC. The van der Waals surface area contributed by atoms with Crippen LogP contribution in [0.2, 0.25) is 0 Å². The summed E-state index contributed by atoms with van der Waals surface area (Å²) in [4.78, 5) is 43.6. The number of methoxy groups -OCH3 is 2. The van der Waals surface area contributed by atoms with E-state index in [1.54, 1.807) is 12.1 Å². The molecule has 1 amide bonds. The summed E-state index contributed by atoms with van der Waals surface area (Å²) < 4.78 is 71.9. The predicted molar refractivity (Wildman–Crippen MR) is 156 cm³/mol. The Bertz CT molecular complexity index is 2070. The lowest BCUT2D eigenvalue weighted by atomic mass is 10.1. The predicted octanol–water partition coefficient (Wildman–Crippen LogP) is 5.67. The molecule has 0 atom stereocenters. The van der Waals surface area contributed by atoms with E-state index in [9.17, 15) is 27.6 Å². The quantitative estimate of drug-likeness (QED) is 0.211. The standard InChI is InChI=1S/C31H22F4N4O6/c1-43-26-14-20-23(15-27(26)44-2)36-11-9-24(20)45-25-8-5-18(13-22(25)33)37-29(40)21-16-38(12-10-28(34)35)31(42)39(30(21)41)19-6-3-17(32)4-7-19/h3-11,13-16H,12H2,1-2H3,(H,37,40).